The zero-order chi connectivity index (χ0) is 18.1. The van der Waals surface area contributed by atoms with Crippen LogP contribution >= 0.6 is 23.2 Å². The maximum atomic E-state index is 11.8. The molecular formula is C15H10Cl2N4O4. The summed E-state index contributed by atoms with van der Waals surface area (Å²) in [7, 11) is 0. The third-order valence-corrected chi connectivity index (χ3v) is 3.72. The van der Waals surface area contributed by atoms with Crippen molar-refractivity contribution in [2.45, 2.75) is 0 Å². The summed E-state index contributed by atoms with van der Waals surface area (Å²) in [5.74, 6) is 0.365. The van der Waals surface area contributed by atoms with E-state index in [-0.39, 0.29) is 32.9 Å². The van der Waals surface area contributed by atoms with Crippen molar-refractivity contribution in [1.82, 2.24) is 14.8 Å². The summed E-state index contributed by atoms with van der Waals surface area (Å²) >= 11 is 12.4. The summed E-state index contributed by atoms with van der Waals surface area (Å²) in [5.41, 5.74) is 4.62. The summed E-state index contributed by atoms with van der Waals surface area (Å²) < 4.78 is 6.53. The summed E-state index contributed by atoms with van der Waals surface area (Å²) in [6.07, 6.45) is 0.951. The third-order valence-electron chi connectivity index (χ3n) is 3.16. The molecule has 0 saturated heterocycles. The van der Waals surface area contributed by atoms with Gasteiger partial charge in [0.05, 0.1) is 21.4 Å². The van der Waals surface area contributed by atoms with Crippen LogP contribution in [-0.4, -0.2) is 19.9 Å². The number of anilines is 1. The number of aromatic amines is 1. The SMILES string of the molecule is Nc1cc(Oc2c(Cl)cc(-n3ncc(=O)[nH]c3=O)cc2Cl)ccc1O. The number of hydrogen-bond donors (Lipinski definition) is 3. The van der Waals surface area contributed by atoms with Crippen molar-refractivity contribution >= 4 is 28.9 Å². The number of ether oxygens (including phenoxy) is 1. The maximum Gasteiger partial charge on any atom is 0.349 e. The number of phenolic OH excluding ortho intramolecular Hbond substituents is 1. The van der Waals surface area contributed by atoms with Gasteiger partial charge < -0.3 is 15.6 Å². The number of nitrogens with two attached hydrogens (primary N) is 1. The first-order chi connectivity index (χ1) is 11.8. The van der Waals surface area contributed by atoms with Crippen molar-refractivity contribution in [2.24, 2.45) is 0 Å². The Morgan fingerprint density at radius 2 is 1.84 bits per heavy atom. The first-order valence-electron chi connectivity index (χ1n) is 6.79. The van der Waals surface area contributed by atoms with Crippen molar-refractivity contribution in [3.63, 3.8) is 0 Å². The zero-order valence-electron chi connectivity index (χ0n) is 12.4. The lowest BCUT2D eigenvalue weighted by atomic mass is 10.2. The molecule has 1 aromatic heterocycles. The lowest BCUT2D eigenvalue weighted by Crippen LogP contribution is -2.30. The van der Waals surface area contributed by atoms with Gasteiger partial charge in [0.2, 0.25) is 0 Å². The Balaban J connectivity index is 2.01. The van der Waals surface area contributed by atoms with Crippen LogP contribution in [0.5, 0.6) is 17.2 Å². The Bertz CT molecular complexity index is 1050. The second-order valence-corrected chi connectivity index (χ2v) is 5.73. The number of nitrogens with zero attached hydrogens (tertiary/aromatic N) is 2. The molecule has 0 bridgehead atoms. The number of rotatable bonds is 3. The van der Waals surface area contributed by atoms with Gasteiger partial charge in [0.1, 0.15) is 17.7 Å². The fourth-order valence-corrected chi connectivity index (χ4v) is 2.57. The third kappa shape index (κ3) is 3.44. The number of aromatic nitrogens is 3. The molecule has 10 heteroatoms. The Kier molecular flexibility index (Phi) is 4.39. The van der Waals surface area contributed by atoms with Gasteiger partial charge in [-0.2, -0.15) is 9.78 Å². The molecule has 2 aromatic carbocycles. The number of nitrogen functional groups attached to an aromatic ring is 1. The van der Waals surface area contributed by atoms with Crippen LogP contribution < -0.4 is 21.7 Å². The molecule has 0 amide bonds. The number of aromatic hydroxyl groups is 1. The van der Waals surface area contributed by atoms with Gasteiger partial charge in [-0.25, -0.2) is 4.79 Å². The van der Waals surface area contributed by atoms with Crippen LogP contribution in [0.3, 0.4) is 0 Å². The van der Waals surface area contributed by atoms with Gasteiger partial charge in [0.25, 0.3) is 5.56 Å². The van der Waals surface area contributed by atoms with E-state index in [1.54, 1.807) is 0 Å². The number of nitrogens with one attached hydrogen (secondary N) is 1. The van der Waals surface area contributed by atoms with Crippen LogP contribution in [0, 0.1) is 0 Å². The molecule has 0 radical (unpaired) electrons. The second kappa shape index (κ2) is 6.50. The Labute approximate surface area is 150 Å². The van der Waals surface area contributed by atoms with Crippen molar-refractivity contribution in [2.75, 3.05) is 5.73 Å². The molecule has 3 aromatic rings. The van der Waals surface area contributed by atoms with E-state index in [0.29, 0.717) is 5.75 Å². The molecule has 3 rings (SSSR count). The summed E-state index contributed by atoms with van der Waals surface area (Å²) in [5, 5.41) is 13.4. The van der Waals surface area contributed by atoms with Gasteiger partial charge in [0, 0.05) is 6.07 Å². The number of benzene rings is 2. The fraction of sp³-hybridized carbons (Fsp3) is 0. The number of phenols is 1. The second-order valence-electron chi connectivity index (χ2n) is 4.91. The lowest BCUT2D eigenvalue weighted by Gasteiger charge is -2.12. The summed E-state index contributed by atoms with van der Waals surface area (Å²) in [6.45, 7) is 0. The summed E-state index contributed by atoms with van der Waals surface area (Å²) in [4.78, 5) is 25.0. The highest BCUT2D eigenvalue weighted by Crippen LogP contribution is 2.39. The van der Waals surface area contributed by atoms with Gasteiger partial charge >= 0.3 is 5.69 Å². The average Bonchev–Trinajstić information content (AvgIpc) is 2.54. The minimum absolute atomic E-state index is 0.0802. The monoisotopic (exact) mass is 380 g/mol. The van der Waals surface area contributed by atoms with E-state index in [9.17, 15) is 14.7 Å². The van der Waals surface area contributed by atoms with Crippen LogP contribution in [0.25, 0.3) is 5.69 Å². The molecule has 0 aliphatic heterocycles. The molecule has 0 atom stereocenters. The summed E-state index contributed by atoms with van der Waals surface area (Å²) in [6, 6.07) is 7.06. The van der Waals surface area contributed by atoms with Gasteiger partial charge in [0.15, 0.2) is 5.75 Å². The standard InChI is InChI=1S/C15H10Cl2N4O4/c16-9-3-7(21-15(24)20-13(23)6-19-21)4-10(17)14(9)25-8-1-2-12(22)11(18)5-8/h1-6,22H,18H2,(H,20,23,24). The van der Waals surface area contributed by atoms with Crippen molar-refractivity contribution < 1.29 is 9.84 Å². The average molecular weight is 381 g/mol. The smallest absolute Gasteiger partial charge is 0.349 e. The van der Waals surface area contributed by atoms with Crippen molar-refractivity contribution in [1.29, 1.82) is 0 Å². The minimum atomic E-state index is -0.736. The van der Waals surface area contributed by atoms with Gasteiger partial charge in [-0.15, -0.1) is 0 Å². The molecule has 0 fully saturated rings. The van der Waals surface area contributed by atoms with Crippen LogP contribution in [0.4, 0.5) is 5.69 Å². The van der Waals surface area contributed by atoms with Crippen LogP contribution in [0.2, 0.25) is 10.0 Å². The fourth-order valence-electron chi connectivity index (χ4n) is 2.02. The topological polar surface area (TPSA) is 123 Å². The zero-order valence-corrected chi connectivity index (χ0v) is 13.9. The van der Waals surface area contributed by atoms with Crippen LogP contribution in [0.15, 0.2) is 46.1 Å². The highest BCUT2D eigenvalue weighted by molar-refractivity contribution is 6.37. The first-order valence-corrected chi connectivity index (χ1v) is 7.55. The van der Waals surface area contributed by atoms with Crippen LogP contribution in [0.1, 0.15) is 0 Å². The molecule has 8 nitrogen and oxygen atoms in total. The molecule has 0 aliphatic carbocycles. The number of H-pyrrole nitrogens is 1. The van der Waals surface area contributed by atoms with Crippen LogP contribution in [-0.2, 0) is 0 Å². The quantitative estimate of drug-likeness (QED) is 0.473. The molecule has 1 heterocycles. The largest absolute Gasteiger partial charge is 0.506 e. The molecule has 4 N–H and O–H groups in total. The molecule has 0 spiro atoms. The van der Waals surface area contributed by atoms with E-state index in [4.69, 9.17) is 33.7 Å². The van der Waals surface area contributed by atoms with Gasteiger partial charge in [-0.1, -0.05) is 23.2 Å². The highest BCUT2D eigenvalue weighted by atomic mass is 35.5. The van der Waals surface area contributed by atoms with E-state index in [1.165, 1.54) is 30.3 Å². The van der Waals surface area contributed by atoms with E-state index in [0.717, 1.165) is 10.9 Å². The van der Waals surface area contributed by atoms with Gasteiger partial charge in [-0.3, -0.25) is 9.78 Å². The highest BCUT2D eigenvalue weighted by Gasteiger charge is 2.14. The molecule has 0 aliphatic rings. The van der Waals surface area contributed by atoms with E-state index >= 15 is 0 Å². The number of hydrogen-bond acceptors (Lipinski definition) is 6. The predicted octanol–water partition coefficient (Wildman–Crippen LogP) is 2.31. The minimum Gasteiger partial charge on any atom is -0.506 e. The Hall–Kier alpha value is -2.97. The van der Waals surface area contributed by atoms with E-state index in [2.05, 4.69) is 10.1 Å². The Morgan fingerprint density at radius 3 is 2.44 bits per heavy atom. The van der Waals surface area contributed by atoms with Crippen molar-refractivity contribution in [3.05, 3.63) is 67.4 Å². The van der Waals surface area contributed by atoms with E-state index in [1.807, 2.05) is 0 Å². The maximum absolute atomic E-state index is 11.8. The molecule has 128 valence electrons. The first kappa shape index (κ1) is 16.9. The van der Waals surface area contributed by atoms with E-state index < -0.39 is 11.2 Å². The predicted molar refractivity (Wildman–Crippen MR) is 93.1 cm³/mol. The molecule has 0 unspecified atom stereocenters. The van der Waals surface area contributed by atoms with Gasteiger partial charge in [-0.05, 0) is 24.3 Å². The van der Waals surface area contributed by atoms with Crippen molar-refractivity contribution in [3.8, 4) is 22.9 Å². The lowest BCUT2D eigenvalue weighted by molar-refractivity contribution is 0.467. The molecular weight excluding hydrogens is 371 g/mol. The Morgan fingerprint density at radius 1 is 1.16 bits per heavy atom. The molecule has 0 saturated carbocycles. The normalized spacial score (nSPS) is 10.6. The number of halogens is 2. The molecule has 25 heavy (non-hydrogen) atoms.